The van der Waals surface area contributed by atoms with E-state index in [4.69, 9.17) is 18.9 Å². The van der Waals surface area contributed by atoms with Gasteiger partial charge in [0.25, 0.3) is 11.7 Å². The third-order valence-corrected chi connectivity index (χ3v) is 6.61. The Labute approximate surface area is 210 Å². The number of rotatable bonds is 9. The molecule has 2 saturated heterocycles. The number of carbonyl (C=O) groups is 2. The summed E-state index contributed by atoms with van der Waals surface area (Å²) in [7, 11) is 4.58. The topological polar surface area (TPSA) is 97.8 Å². The van der Waals surface area contributed by atoms with E-state index in [2.05, 4.69) is 4.90 Å². The molecule has 2 heterocycles. The number of likely N-dealkylation sites (tertiary alicyclic amines) is 1. The van der Waals surface area contributed by atoms with Crippen LogP contribution >= 0.6 is 0 Å². The molecule has 2 aliphatic rings. The van der Waals surface area contributed by atoms with Gasteiger partial charge in [-0.25, -0.2) is 0 Å². The number of carbonyl (C=O) groups excluding carboxylic acids is 2. The van der Waals surface area contributed by atoms with Crippen LogP contribution in [-0.2, 0) is 14.3 Å². The summed E-state index contributed by atoms with van der Waals surface area (Å²) < 4.78 is 21.3. The Morgan fingerprint density at radius 3 is 2.28 bits per heavy atom. The van der Waals surface area contributed by atoms with Crippen LogP contribution in [0.4, 0.5) is 0 Å². The molecular formula is C27H32N2O7. The van der Waals surface area contributed by atoms with Gasteiger partial charge in [-0.3, -0.25) is 14.5 Å². The summed E-state index contributed by atoms with van der Waals surface area (Å²) in [4.78, 5) is 30.3. The highest BCUT2D eigenvalue weighted by Crippen LogP contribution is 2.41. The number of hydrogen-bond donors (Lipinski definition) is 1. The number of hydrogen-bond acceptors (Lipinski definition) is 8. The second-order valence-electron chi connectivity index (χ2n) is 8.64. The second-order valence-corrected chi connectivity index (χ2v) is 8.64. The number of benzene rings is 2. The molecule has 0 aromatic heterocycles. The van der Waals surface area contributed by atoms with Gasteiger partial charge in [0.1, 0.15) is 11.5 Å². The molecule has 9 nitrogen and oxygen atoms in total. The molecule has 0 saturated carbocycles. The fraction of sp³-hybridized carbons (Fsp3) is 0.407. The molecule has 2 aromatic rings. The Hall–Kier alpha value is -3.56. The van der Waals surface area contributed by atoms with Crippen molar-refractivity contribution in [2.24, 2.45) is 0 Å². The molecule has 36 heavy (non-hydrogen) atoms. The molecule has 2 aromatic carbocycles. The average Bonchev–Trinajstić information content (AvgIpc) is 3.18. The normalized spacial score (nSPS) is 20.0. The smallest absolute Gasteiger partial charge is 0.295 e. The molecule has 2 fully saturated rings. The van der Waals surface area contributed by atoms with Crippen LogP contribution in [0, 0.1) is 0 Å². The first-order chi connectivity index (χ1) is 17.5. The molecule has 1 N–H and O–H groups in total. The molecule has 0 spiro atoms. The monoisotopic (exact) mass is 496 g/mol. The Morgan fingerprint density at radius 1 is 0.944 bits per heavy atom. The number of aliphatic hydroxyl groups excluding tert-OH is 1. The quantitative estimate of drug-likeness (QED) is 0.322. The number of Topliss-reactive ketones (excluding diaryl/α,β-unsaturated/α-hetero) is 1. The molecule has 1 unspecified atom stereocenters. The van der Waals surface area contributed by atoms with Crippen molar-refractivity contribution in [3.8, 4) is 17.2 Å². The Bertz CT molecular complexity index is 1120. The largest absolute Gasteiger partial charge is 0.507 e. The number of amides is 1. The van der Waals surface area contributed by atoms with E-state index in [1.165, 1.54) is 14.2 Å². The number of ether oxygens (including phenoxy) is 4. The molecule has 2 aliphatic heterocycles. The van der Waals surface area contributed by atoms with Crippen molar-refractivity contribution in [1.82, 2.24) is 9.80 Å². The van der Waals surface area contributed by atoms with Gasteiger partial charge < -0.3 is 29.0 Å². The molecule has 0 aliphatic carbocycles. The number of nitrogens with zero attached hydrogens (tertiary/aromatic N) is 2. The Kier molecular flexibility index (Phi) is 8.12. The lowest BCUT2D eigenvalue weighted by atomic mass is 9.95. The maximum atomic E-state index is 13.3. The van der Waals surface area contributed by atoms with Gasteiger partial charge in [-0.15, -0.1) is 0 Å². The number of morpholine rings is 1. The van der Waals surface area contributed by atoms with Crippen LogP contribution < -0.4 is 14.2 Å². The fourth-order valence-corrected chi connectivity index (χ4v) is 4.67. The molecule has 192 valence electrons. The van der Waals surface area contributed by atoms with Gasteiger partial charge in [0.2, 0.25) is 0 Å². The van der Waals surface area contributed by atoms with Crippen molar-refractivity contribution in [1.29, 1.82) is 0 Å². The van der Waals surface area contributed by atoms with Crippen LogP contribution in [0.1, 0.15) is 23.6 Å². The third kappa shape index (κ3) is 5.17. The van der Waals surface area contributed by atoms with E-state index in [1.54, 1.807) is 42.3 Å². The van der Waals surface area contributed by atoms with Gasteiger partial charge in [-0.05, 0) is 42.3 Å². The first-order valence-corrected chi connectivity index (χ1v) is 11.9. The van der Waals surface area contributed by atoms with Crippen LogP contribution in [0.15, 0.2) is 48.0 Å². The van der Waals surface area contributed by atoms with E-state index >= 15 is 0 Å². The molecule has 9 heteroatoms. The summed E-state index contributed by atoms with van der Waals surface area (Å²) in [6, 6.07) is 11.3. The molecule has 1 atom stereocenters. The van der Waals surface area contributed by atoms with E-state index in [-0.39, 0.29) is 11.3 Å². The summed E-state index contributed by atoms with van der Waals surface area (Å²) in [5, 5.41) is 11.3. The van der Waals surface area contributed by atoms with Crippen molar-refractivity contribution >= 4 is 17.4 Å². The van der Waals surface area contributed by atoms with Gasteiger partial charge in [0.05, 0.1) is 46.2 Å². The summed E-state index contributed by atoms with van der Waals surface area (Å²) in [6.45, 7) is 4.25. The number of ketones is 1. The van der Waals surface area contributed by atoms with Crippen LogP contribution in [0.5, 0.6) is 17.2 Å². The standard InChI is InChI=1S/C27H32N2O7/c1-33-20-8-5-18(6-9-20)24-23(25(30)19-7-10-21(34-2)22(17-19)35-3)26(31)27(32)29(24)12-4-11-28-13-15-36-16-14-28/h5-10,17,24,30H,4,11-16H2,1-3H3/b25-23-. The predicted octanol–water partition coefficient (Wildman–Crippen LogP) is 2.86. The summed E-state index contributed by atoms with van der Waals surface area (Å²) in [5.74, 6) is -0.0467. The highest BCUT2D eigenvalue weighted by molar-refractivity contribution is 6.46. The lowest BCUT2D eigenvalue weighted by Crippen LogP contribution is -2.38. The molecule has 0 radical (unpaired) electrons. The Balaban J connectivity index is 1.70. The van der Waals surface area contributed by atoms with E-state index in [0.29, 0.717) is 54.6 Å². The van der Waals surface area contributed by atoms with Gasteiger partial charge in [-0.2, -0.15) is 0 Å². The minimum atomic E-state index is -0.728. The van der Waals surface area contributed by atoms with E-state index in [0.717, 1.165) is 19.6 Å². The van der Waals surface area contributed by atoms with Gasteiger partial charge in [-0.1, -0.05) is 12.1 Å². The zero-order valence-electron chi connectivity index (χ0n) is 20.9. The minimum Gasteiger partial charge on any atom is -0.507 e. The van der Waals surface area contributed by atoms with Gasteiger partial charge >= 0.3 is 0 Å². The lowest BCUT2D eigenvalue weighted by molar-refractivity contribution is -0.140. The fourth-order valence-electron chi connectivity index (χ4n) is 4.67. The van der Waals surface area contributed by atoms with Crippen molar-refractivity contribution in [2.75, 3.05) is 60.7 Å². The van der Waals surface area contributed by atoms with Gasteiger partial charge in [0.15, 0.2) is 11.5 Å². The van der Waals surface area contributed by atoms with E-state index < -0.39 is 17.7 Å². The van der Waals surface area contributed by atoms with Gasteiger partial charge in [0, 0.05) is 31.7 Å². The maximum absolute atomic E-state index is 13.3. The minimum absolute atomic E-state index is 0.0451. The highest BCUT2D eigenvalue weighted by Gasteiger charge is 2.45. The second kappa shape index (κ2) is 11.5. The van der Waals surface area contributed by atoms with E-state index in [9.17, 15) is 14.7 Å². The van der Waals surface area contributed by atoms with Crippen LogP contribution in [0.3, 0.4) is 0 Å². The molecule has 1 amide bonds. The van der Waals surface area contributed by atoms with Crippen molar-refractivity contribution in [3.63, 3.8) is 0 Å². The Morgan fingerprint density at radius 2 is 1.64 bits per heavy atom. The highest BCUT2D eigenvalue weighted by atomic mass is 16.5. The molecular weight excluding hydrogens is 464 g/mol. The first kappa shape index (κ1) is 25.5. The summed E-state index contributed by atoms with van der Waals surface area (Å²) >= 11 is 0. The van der Waals surface area contributed by atoms with Crippen molar-refractivity contribution in [3.05, 3.63) is 59.2 Å². The third-order valence-electron chi connectivity index (χ3n) is 6.61. The first-order valence-electron chi connectivity index (χ1n) is 11.9. The summed E-state index contributed by atoms with van der Waals surface area (Å²) in [6.07, 6.45) is 0.691. The summed E-state index contributed by atoms with van der Waals surface area (Å²) in [5.41, 5.74) is 1.12. The van der Waals surface area contributed by atoms with E-state index in [1.807, 2.05) is 12.1 Å². The molecule has 0 bridgehead atoms. The zero-order chi connectivity index (χ0) is 25.7. The average molecular weight is 497 g/mol. The lowest BCUT2D eigenvalue weighted by Gasteiger charge is -2.29. The SMILES string of the molecule is COc1ccc(C2/C(=C(/O)c3ccc(OC)c(OC)c3)C(=O)C(=O)N2CCCN2CCOCC2)cc1. The maximum Gasteiger partial charge on any atom is 0.295 e. The predicted molar refractivity (Wildman–Crippen MR) is 133 cm³/mol. The zero-order valence-corrected chi connectivity index (χ0v) is 20.9. The molecule has 4 rings (SSSR count). The van der Waals surface area contributed by atoms with Crippen LogP contribution in [0.2, 0.25) is 0 Å². The number of methoxy groups -OCH3 is 3. The van der Waals surface area contributed by atoms with Crippen LogP contribution in [0.25, 0.3) is 5.76 Å². The number of aliphatic hydroxyl groups is 1. The van der Waals surface area contributed by atoms with Crippen LogP contribution in [-0.4, -0.2) is 87.3 Å². The van der Waals surface area contributed by atoms with Crippen molar-refractivity contribution < 1.29 is 33.6 Å². The van der Waals surface area contributed by atoms with Crippen molar-refractivity contribution in [2.45, 2.75) is 12.5 Å².